The zero-order valence-electron chi connectivity index (χ0n) is 14.2. The zero-order chi connectivity index (χ0) is 18.5. The summed E-state index contributed by atoms with van der Waals surface area (Å²) in [5.74, 6) is -0.448. The number of carbonyl (C=O) groups excluding carboxylic acids is 1. The Bertz CT molecular complexity index is 891. The van der Waals surface area contributed by atoms with Crippen molar-refractivity contribution in [2.45, 2.75) is 19.8 Å². The van der Waals surface area contributed by atoms with Crippen LogP contribution in [0.25, 0.3) is 22.4 Å². The lowest BCUT2D eigenvalue weighted by molar-refractivity contribution is -0.143. The van der Waals surface area contributed by atoms with Crippen LogP contribution >= 0.6 is 27.3 Å². The topological polar surface area (TPSA) is 39.2 Å². The molecular formula is C20H17BrFNO2S. The van der Waals surface area contributed by atoms with Crippen LogP contribution < -0.4 is 0 Å². The molecule has 0 atom stereocenters. The fraction of sp³-hybridized carbons (Fsp3) is 0.200. The van der Waals surface area contributed by atoms with E-state index in [-0.39, 0.29) is 11.8 Å². The molecule has 0 aliphatic heterocycles. The molecule has 3 nitrogen and oxygen atoms in total. The molecule has 0 bridgehead atoms. The van der Waals surface area contributed by atoms with Crippen LogP contribution in [0.5, 0.6) is 0 Å². The Morgan fingerprint density at radius 2 is 1.65 bits per heavy atom. The molecular weight excluding hydrogens is 417 g/mol. The molecule has 6 heteroatoms. The highest BCUT2D eigenvalue weighted by Crippen LogP contribution is 2.34. The van der Waals surface area contributed by atoms with Crippen molar-refractivity contribution >= 4 is 33.2 Å². The number of rotatable bonds is 6. The number of aryl methyl sites for hydroxylation is 1. The van der Waals surface area contributed by atoms with Crippen LogP contribution in [0.2, 0.25) is 0 Å². The largest absolute Gasteiger partial charge is 0.466 e. The Kier molecular flexibility index (Phi) is 6.16. The first-order valence-corrected chi connectivity index (χ1v) is 9.85. The minimum atomic E-state index is -0.243. The number of hydrogen-bond acceptors (Lipinski definition) is 4. The first kappa shape index (κ1) is 18.7. The van der Waals surface area contributed by atoms with Crippen LogP contribution in [-0.2, 0) is 16.0 Å². The monoisotopic (exact) mass is 433 g/mol. The van der Waals surface area contributed by atoms with E-state index < -0.39 is 0 Å². The molecule has 0 saturated heterocycles. The SMILES string of the molecule is CCOC(=O)CCc1nc(-c2ccc(-c3ccc(F)cc3)cc2)c(Br)s1. The Morgan fingerprint density at radius 3 is 2.27 bits per heavy atom. The summed E-state index contributed by atoms with van der Waals surface area (Å²) in [6, 6.07) is 14.4. The normalized spacial score (nSPS) is 10.7. The number of carbonyl (C=O) groups is 1. The maximum absolute atomic E-state index is 13.0. The first-order valence-electron chi connectivity index (χ1n) is 8.24. The molecule has 1 heterocycles. The van der Waals surface area contributed by atoms with E-state index in [1.165, 1.54) is 23.5 Å². The molecule has 0 amide bonds. The molecule has 2 aromatic carbocycles. The van der Waals surface area contributed by atoms with Gasteiger partial charge < -0.3 is 4.74 Å². The molecule has 0 fully saturated rings. The van der Waals surface area contributed by atoms with E-state index in [0.29, 0.717) is 19.4 Å². The lowest BCUT2D eigenvalue weighted by atomic mass is 10.0. The zero-order valence-corrected chi connectivity index (χ0v) is 16.6. The van der Waals surface area contributed by atoms with Gasteiger partial charge in [-0.1, -0.05) is 36.4 Å². The van der Waals surface area contributed by atoms with Gasteiger partial charge in [-0.2, -0.15) is 0 Å². The summed E-state index contributed by atoms with van der Waals surface area (Å²) in [6.45, 7) is 2.19. The van der Waals surface area contributed by atoms with Gasteiger partial charge in [0.15, 0.2) is 0 Å². The number of esters is 1. The second-order valence-electron chi connectivity index (χ2n) is 5.62. The van der Waals surface area contributed by atoms with Gasteiger partial charge in [0.25, 0.3) is 0 Å². The van der Waals surface area contributed by atoms with Crippen LogP contribution in [0.15, 0.2) is 52.3 Å². The highest BCUT2D eigenvalue weighted by atomic mass is 79.9. The molecule has 26 heavy (non-hydrogen) atoms. The predicted molar refractivity (Wildman–Crippen MR) is 106 cm³/mol. The lowest BCUT2D eigenvalue weighted by Gasteiger charge is -2.04. The van der Waals surface area contributed by atoms with E-state index in [9.17, 15) is 9.18 Å². The van der Waals surface area contributed by atoms with Gasteiger partial charge in [-0.15, -0.1) is 11.3 Å². The van der Waals surface area contributed by atoms with Crippen molar-refractivity contribution in [3.05, 3.63) is 63.1 Å². The van der Waals surface area contributed by atoms with E-state index in [0.717, 1.165) is 31.2 Å². The minimum absolute atomic E-state index is 0.205. The number of nitrogens with zero attached hydrogens (tertiary/aromatic N) is 1. The Hall–Kier alpha value is -2.05. The molecule has 134 valence electrons. The summed E-state index contributed by atoms with van der Waals surface area (Å²) >= 11 is 5.09. The van der Waals surface area contributed by atoms with E-state index in [1.807, 2.05) is 24.3 Å². The van der Waals surface area contributed by atoms with Crippen LogP contribution in [0.1, 0.15) is 18.4 Å². The van der Waals surface area contributed by atoms with Gasteiger partial charge in [0.2, 0.25) is 0 Å². The van der Waals surface area contributed by atoms with E-state index in [2.05, 4.69) is 20.9 Å². The third-order valence-corrected chi connectivity index (χ3v) is 5.58. The number of halogens is 2. The molecule has 0 saturated carbocycles. The van der Waals surface area contributed by atoms with Crippen molar-refractivity contribution in [1.29, 1.82) is 0 Å². The summed E-state index contributed by atoms with van der Waals surface area (Å²) < 4.78 is 18.9. The van der Waals surface area contributed by atoms with Crippen molar-refractivity contribution in [2.75, 3.05) is 6.61 Å². The fourth-order valence-corrected chi connectivity index (χ4v) is 4.22. The van der Waals surface area contributed by atoms with Crippen LogP contribution in [0.3, 0.4) is 0 Å². The van der Waals surface area contributed by atoms with Gasteiger partial charge in [0.1, 0.15) is 5.82 Å². The van der Waals surface area contributed by atoms with Crippen molar-refractivity contribution < 1.29 is 13.9 Å². The average molecular weight is 434 g/mol. The number of aromatic nitrogens is 1. The van der Waals surface area contributed by atoms with Gasteiger partial charge in [-0.25, -0.2) is 9.37 Å². The fourth-order valence-electron chi connectivity index (χ4n) is 2.53. The second kappa shape index (κ2) is 8.56. The minimum Gasteiger partial charge on any atom is -0.466 e. The standard InChI is InChI=1S/C20H17BrFNO2S/c1-2-25-18(24)12-11-17-23-19(20(21)26-17)15-5-3-13(4-6-15)14-7-9-16(22)10-8-14/h3-10H,2,11-12H2,1H3. The Balaban J connectivity index is 1.75. The van der Waals surface area contributed by atoms with E-state index >= 15 is 0 Å². The highest BCUT2D eigenvalue weighted by Gasteiger charge is 2.13. The van der Waals surface area contributed by atoms with Gasteiger partial charge in [0.05, 0.1) is 27.5 Å². The second-order valence-corrected chi connectivity index (χ2v) is 8.02. The number of benzene rings is 2. The van der Waals surface area contributed by atoms with Crippen molar-refractivity contribution in [3.63, 3.8) is 0 Å². The maximum atomic E-state index is 13.0. The molecule has 0 spiro atoms. The summed E-state index contributed by atoms with van der Waals surface area (Å²) in [5.41, 5.74) is 3.83. The highest BCUT2D eigenvalue weighted by molar-refractivity contribution is 9.11. The summed E-state index contributed by atoms with van der Waals surface area (Å²) in [4.78, 5) is 16.1. The summed E-state index contributed by atoms with van der Waals surface area (Å²) in [6.07, 6.45) is 0.895. The predicted octanol–water partition coefficient (Wildman–Crippen LogP) is 5.87. The smallest absolute Gasteiger partial charge is 0.306 e. The number of hydrogen-bond donors (Lipinski definition) is 0. The van der Waals surface area contributed by atoms with Crippen molar-refractivity contribution in [3.8, 4) is 22.4 Å². The third kappa shape index (κ3) is 4.56. The average Bonchev–Trinajstić information content (AvgIpc) is 3.02. The van der Waals surface area contributed by atoms with Gasteiger partial charge >= 0.3 is 5.97 Å². The first-order chi connectivity index (χ1) is 12.6. The number of ether oxygens (including phenoxy) is 1. The van der Waals surface area contributed by atoms with E-state index in [1.54, 1.807) is 19.1 Å². The molecule has 0 radical (unpaired) electrons. The Labute approximate surface area is 164 Å². The third-order valence-electron chi connectivity index (χ3n) is 3.81. The molecule has 1 aromatic heterocycles. The Morgan fingerprint density at radius 1 is 1.08 bits per heavy atom. The molecule has 0 unspecified atom stereocenters. The van der Waals surface area contributed by atoms with Gasteiger partial charge in [-0.3, -0.25) is 4.79 Å². The molecule has 3 rings (SSSR count). The summed E-state index contributed by atoms with van der Waals surface area (Å²) in [5, 5.41) is 0.891. The van der Waals surface area contributed by atoms with Gasteiger partial charge in [0, 0.05) is 12.0 Å². The summed E-state index contributed by atoms with van der Waals surface area (Å²) in [7, 11) is 0. The maximum Gasteiger partial charge on any atom is 0.306 e. The molecule has 3 aromatic rings. The van der Waals surface area contributed by atoms with Crippen LogP contribution in [0, 0.1) is 5.82 Å². The molecule has 0 N–H and O–H groups in total. The lowest BCUT2D eigenvalue weighted by Crippen LogP contribution is -2.04. The molecule has 0 aliphatic rings. The van der Waals surface area contributed by atoms with Crippen LogP contribution in [-0.4, -0.2) is 17.6 Å². The number of thiazole rings is 1. The molecule has 0 aliphatic carbocycles. The quantitative estimate of drug-likeness (QED) is 0.456. The van der Waals surface area contributed by atoms with E-state index in [4.69, 9.17) is 4.74 Å². The van der Waals surface area contributed by atoms with Crippen molar-refractivity contribution in [2.24, 2.45) is 0 Å². The van der Waals surface area contributed by atoms with Crippen molar-refractivity contribution in [1.82, 2.24) is 4.98 Å². The van der Waals surface area contributed by atoms with Crippen LogP contribution in [0.4, 0.5) is 4.39 Å². The van der Waals surface area contributed by atoms with Gasteiger partial charge in [-0.05, 0) is 46.1 Å².